The standard InChI is InChI=1S/C10H9ClN2.2C2H6/c1-8-7-10(11)13(12-8)9-5-3-2-4-6-9;2*1-2/h2-7H,1H3;2*1-2H3. The SMILES string of the molecule is CC.CC.Cc1cc(Cl)n(-c2ccccc2)n1. The normalized spacial score (nSPS) is 8.59. The number of halogens is 1. The first-order chi connectivity index (χ1) is 8.27. The molecule has 0 aliphatic carbocycles. The van der Waals surface area contributed by atoms with Crippen molar-refractivity contribution in [2.24, 2.45) is 0 Å². The van der Waals surface area contributed by atoms with Crippen molar-refractivity contribution in [1.29, 1.82) is 0 Å². The fraction of sp³-hybridized carbons (Fsp3) is 0.357. The molecule has 3 heteroatoms. The third-order valence-electron chi connectivity index (χ3n) is 1.79. The summed E-state index contributed by atoms with van der Waals surface area (Å²) in [5.74, 6) is 0. The third-order valence-corrected chi connectivity index (χ3v) is 2.06. The molecular weight excluding hydrogens is 232 g/mol. The fourth-order valence-electron chi connectivity index (χ4n) is 1.22. The lowest BCUT2D eigenvalue weighted by atomic mass is 10.3. The minimum absolute atomic E-state index is 0.642. The lowest BCUT2D eigenvalue weighted by Crippen LogP contribution is -1.95. The van der Waals surface area contributed by atoms with E-state index in [0.29, 0.717) is 5.15 Å². The Bertz CT molecular complexity index is 407. The number of benzene rings is 1. The molecule has 1 aromatic carbocycles. The van der Waals surface area contributed by atoms with Crippen LogP contribution in [0.1, 0.15) is 33.4 Å². The molecule has 94 valence electrons. The second-order valence-corrected chi connectivity index (χ2v) is 3.24. The molecule has 0 fully saturated rings. The number of para-hydroxylation sites is 1. The van der Waals surface area contributed by atoms with Gasteiger partial charge in [0, 0.05) is 0 Å². The molecule has 0 aliphatic heterocycles. The Balaban J connectivity index is 0.000000581. The van der Waals surface area contributed by atoms with Crippen LogP contribution in [0.25, 0.3) is 5.69 Å². The summed E-state index contributed by atoms with van der Waals surface area (Å²) in [6.07, 6.45) is 0. The van der Waals surface area contributed by atoms with Crippen LogP contribution >= 0.6 is 11.6 Å². The van der Waals surface area contributed by atoms with E-state index in [-0.39, 0.29) is 0 Å². The molecule has 2 aromatic rings. The van der Waals surface area contributed by atoms with Crippen molar-refractivity contribution < 1.29 is 0 Å². The van der Waals surface area contributed by atoms with Crippen molar-refractivity contribution in [1.82, 2.24) is 9.78 Å². The lowest BCUT2D eigenvalue weighted by Gasteiger charge is -2.00. The molecule has 2 nitrogen and oxygen atoms in total. The Kier molecular flexibility index (Phi) is 8.16. The Labute approximate surface area is 109 Å². The zero-order valence-corrected chi connectivity index (χ0v) is 12.0. The van der Waals surface area contributed by atoms with E-state index in [0.717, 1.165) is 11.4 Å². The maximum atomic E-state index is 5.98. The van der Waals surface area contributed by atoms with Crippen LogP contribution in [0, 0.1) is 6.92 Å². The Morgan fingerprint density at radius 1 is 1.00 bits per heavy atom. The van der Waals surface area contributed by atoms with Gasteiger partial charge >= 0.3 is 0 Å². The smallest absolute Gasteiger partial charge is 0.133 e. The highest BCUT2D eigenvalue weighted by Crippen LogP contribution is 2.16. The van der Waals surface area contributed by atoms with E-state index in [4.69, 9.17) is 11.6 Å². The van der Waals surface area contributed by atoms with Crippen molar-refractivity contribution in [3.63, 3.8) is 0 Å². The van der Waals surface area contributed by atoms with Gasteiger partial charge in [-0.3, -0.25) is 0 Å². The van der Waals surface area contributed by atoms with Crippen molar-refractivity contribution in [3.8, 4) is 5.69 Å². The maximum absolute atomic E-state index is 5.98. The zero-order valence-electron chi connectivity index (χ0n) is 11.2. The second-order valence-electron chi connectivity index (χ2n) is 2.86. The molecule has 0 aliphatic rings. The third kappa shape index (κ3) is 4.61. The fourth-order valence-corrected chi connectivity index (χ4v) is 1.51. The van der Waals surface area contributed by atoms with Gasteiger partial charge in [-0.15, -0.1) is 0 Å². The Hall–Kier alpha value is -1.28. The number of rotatable bonds is 1. The molecular formula is C14H21ClN2. The number of aryl methyl sites for hydroxylation is 1. The first-order valence-corrected chi connectivity index (χ1v) is 6.43. The van der Waals surface area contributed by atoms with E-state index >= 15 is 0 Å². The van der Waals surface area contributed by atoms with Gasteiger partial charge in [-0.1, -0.05) is 57.5 Å². The van der Waals surface area contributed by atoms with E-state index in [9.17, 15) is 0 Å². The summed E-state index contributed by atoms with van der Waals surface area (Å²) < 4.78 is 1.72. The average molecular weight is 253 g/mol. The van der Waals surface area contributed by atoms with Crippen molar-refractivity contribution in [2.45, 2.75) is 34.6 Å². The van der Waals surface area contributed by atoms with Gasteiger partial charge in [0.2, 0.25) is 0 Å². The molecule has 0 radical (unpaired) electrons. The van der Waals surface area contributed by atoms with Gasteiger partial charge in [0.25, 0.3) is 0 Å². The van der Waals surface area contributed by atoms with Crippen LogP contribution in [0.5, 0.6) is 0 Å². The second kappa shape index (κ2) is 8.82. The van der Waals surface area contributed by atoms with Gasteiger partial charge in [0.05, 0.1) is 11.4 Å². The predicted octanol–water partition coefficient (Wildman–Crippen LogP) is 4.89. The van der Waals surface area contributed by atoms with Crippen molar-refractivity contribution in [2.75, 3.05) is 0 Å². The molecule has 0 bridgehead atoms. The average Bonchev–Trinajstić information content (AvgIpc) is 2.74. The van der Waals surface area contributed by atoms with Gasteiger partial charge in [0.15, 0.2) is 0 Å². The van der Waals surface area contributed by atoms with Gasteiger partial charge in [-0.05, 0) is 25.1 Å². The van der Waals surface area contributed by atoms with Crippen molar-refractivity contribution in [3.05, 3.63) is 47.2 Å². The molecule has 0 atom stereocenters. The number of hydrogen-bond donors (Lipinski definition) is 0. The first kappa shape index (κ1) is 15.7. The molecule has 0 N–H and O–H groups in total. The summed E-state index contributed by atoms with van der Waals surface area (Å²) in [6, 6.07) is 11.7. The van der Waals surface area contributed by atoms with E-state index in [1.807, 2.05) is 71.0 Å². The predicted molar refractivity (Wildman–Crippen MR) is 76.0 cm³/mol. The molecule has 17 heavy (non-hydrogen) atoms. The molecule has 0 spiro atoms. The summed E-state index contributed by atoms with van der Waals surface area (Å²) in [6.45, 7) is 9.92. The minimum atomic E-state index is 0.642. The number of aromatic nitrogens is 2. The number of nitrogens with zero attached hydrogens (tertiary/aromatic N) is 2. The molecule has 0 unspecified atom stereocenters. The lowest BCUT2D eigenvalue weighted by molar-refractivity contribution is 0.863. The van der Waals surface area contributed by atoms with Gasteiger partial charge in [-0.2, -0.15) is 5.10 Å². The first-order valence-electron chi connectivity index (χ1n) is 6.05. The highest BCUT2D eigenvalue weighted by atomic mass is 35.5. The minimum Gasteiger partial charge on any atom is -0.222 e. The van der Waals surface area contributed by atoms with Gasteiger partial charge in [0.1, 0.15) is 5.15 Å². The van der Waals surface area contributed by atoms with Crippen LogP contribution in [-0.4, -0.2) is 9.78 Å². The molecule has 1 aromatic heterocycles. The Morgan fingerprint density at radius 2 is 1.53 bits per heavy atom. The molecule has 2 rings (SSSR count). The highest BCUT2D eigenvalue weighted by molar-refractivity contribution is 6.29. The summed E-state index contributed by atoms with van der Waals surface area (Å²) in [5.41, 5.74) is 1.91. The van der Waals surface area contributed by atoms with Gasteiger partial charge in [-0.25, -0.2) is 4.68 Å². The van der Waals surface area contributed by atoms with E-state index < -0.39 is 0 Å². The monoisotopic (exact) mass is 252 g/mol. The topological polar surface area (TPSA) is 17.8 Å². The van der Waals surface area contributed by atoms with Crippen LogP contribution in [-0.2, 0) is 0 Å². The zero-order chi connectivity index (χ0) is 13.3. The molecule has 0 saturated carbocycles. The van der Waals surface area contributed by atoms with E-state index in [1.165, 1.54) is 0 Å². The van der Waals surface area contributed by atoms with E-state index in [1.54, 1.807) is 4.68 Å². The van der Waals surface area contributed by atoms with Crippen LogP contribution in [0.3, 0.4) is 0 Å². The quantitative estimate of drug-likeness (QED) is 0.707. The van der Waals surface area contributed by atoms with Crippen LogP contribution in [0.4, 0.5) is 0 Å². The van der Waals surface area contributed by atoms with Crippen molar-refractivity contribution >= 4 is 11.6 Å². The summed E-state index contributed by atoms with van der Waals surface area (Å²) in [5, 5.41) is 4.91. The Morgan fingerprint density at radius 3 is 1.94 bits per heavy atom. The van der Waals surface area contributed by atoms with E-state index in [2.05, 4.69) is 5.10 Å². The summed E-state index contributed by atoms with van der Waals surface area (Å²) in [4.78, 5) is 0. The molecule has 0 amide bonds. The van der Waals surface area contributed by atoms with Gasteiger partial charge < -0.3 is 0 Å². The summed E-state index contributed by atoms with van der Waals surface area (Å²) >= 11 is 5.98. The van der Waals surface area contributed by atoms with Crippen LogP contribution in [0.2, 0.25) is 5.15 Å². The van der Waals surface area contributed by atoms with Crippen LogP contribution < -0.4 is 0 Å². The number of hydrogen-bond acceptors (Lipinski definition) is 1. The highest BCUT2D eigenvalue weighted by Gasteiger charge is 2.03. The largest absolute Gasteiger partial charge is 0.222 e. The molecule has 0 saturated heterocycles. The molecule has 1 heterocycles. The van der Waals surface area contributed by atoms with Crippen LogP contribution in [0.15, 0.2) is 36.4 Å². The maximum Gasteiger partial charge on any atom is 0.133 e. The summed E-state index contributed by atoms with van der Waals surface area (Å²) in [7, 11) is 0.